The topological polar surface area (TPSA) is 63.9 Å². The Morgan fingerprint density at radius 2 is 2.04 bits per heavy atom. The zero-order chi connectivity index (χ0) is 18.3. The van der Waals surface area contributed by atoms with Gasteiger partial charge in [0.25, 0.3) is 5.56 Å². The second kappa shape index (κ2) is 6.68. The Labute approximate surface area is 158 Å². The van der Waals surface area contributed by atoms with E-state index in [1.807, 2.05) is 17.8 Å². The van der Waals surface area contributed by atoms with Gasteiger partial charge in [0.15, 0.2) is 5.82 Å². The van der Waals surface area contributed by atoms with Gasteiger partial charge in [0, 0.05) is 42.7 Å². The molecule has 0 N–H and O–H groups in total. The molecule has 7 heteroatoms. The summed E-state index contributed by atoms with van der Waals surface area (Å²) in [4.78, 5) is 14.4. The third-order valence-electron chi connectivity index (χ3n) is 5.04. The molecule has 0 unspecified atom stereocenters. The fourth-order valence-corrected chi connectivity index (χ4v) is 4.33. The second-order valence-electron chi connectivity index (χ2n) is 8.24. The molecule has 0 saturated carbocycles. The Morgan fingerprint density at radius 1 is 1.23 bits per heavy atom. The van der Waals surface area contributed by atoms with Crippen LogP contribution in [0.3, 0.4) is 0 Å². The van der Waals surface area contributed by atoms with Crippen LogP contribution in [-0.4, -0.2) is 38.8 Å². The second-order valence-corrected chi connectivity index (χ2v) is 9.34. The van der Waals surface area contributed by atoms with Gasteiger partial charge in [-0.25, -0.2) is 4.68 Å². The van der Waals surface area contributed by atoms with E-state index in [0.717, 1.165) is 48.2 Å². The summed E-state index contributed by atoms with van der Waals surface area (Å²) in [5.41, 5.74) is 3.34. The molecule has 2 aromatic rings. The standard InChI is InChI=1S/C19H25N5OS/c1-19(2,3)16-4-5-18(25)24(22-16)11-13-9-23(10-13)17-8-14-12-26-7-6-15(14)20-21-17/h4-5,8,13H,6-7,9-12H2,1-3H3. The molecule has 1 saturated heterocycles. The quantitative estimate of drug-likeness (QED) is 0.825. The number of rotatable bonds is 3. The van der Waals surface area contributed by atoms with Gasteiger partial charge in [-0.05, 0) is 23.4 Å². The molecule has 6 nitrogen and oxygen atoms in total. The third kappa shape index (κ3) is 3.49. The Hall–Kier alpha value is -1.89. The minimum absolute atomic E-state index is 0.0259. The number of aromatic nitrogens is 4. The summed E-state index contributed by atoms with van der Waals surface area (Å²) in [7, 11) is 0. The molecule has 1 fully saturated rings. The SMILES string of the molecule is CC(C)(C)c1ccc(=O)n(CC2CN(c3cc4c(nn3)CCSC4)C2)n1. The third-order valence-corrected chi connectivity index (χ3v) is 6.04. The molecular weight excluding hydrogens is 346 g/mol. The van der Waals surface area contributed by atoms with E-state index in [-0.39, 0.29) is 11.0 Å². The largest absolute Gasteiger partial charge is 0.354 e. The summed E-state index contributed by atoms with van der Waals surface area (Å²) in [6.07, 6.45) is 1.02. The van der Waals surface area contributed by atoms with Crippen LogP contribution in [0.4, 0.5) is 5.82 Å². The van der Waals surface area contributed by atoms with Gasteiger partial charge in [-0.1, -0.05) is 20.8 Å². The van der Waals surface area contributed by atoms with Crippen molar-refractivity contribution in [2.75, 3.05) is 23.7 Å². The van der Waals surface area contributed by atoms with E-state index in [1.54, 1.807) is 10.7 Å². The number of fused-ring (bicyclic) bond motifs is 1. The zero-order valence-corrected chi connectivity index (χ0v) is 16.4. The molecule has 26 heavy (non-hydrogen) atoms. The van der Waals surface area contributed by atoms with Crippen molar-refractivity contribution in [1.82, 2.24) is 20.0 Å². The number of hydrogen-bond donors (Lipinski definition) is 0. The fourth-order valence-electron chi connectivity index (χ4n) is 3.38. The summed E-state index contributed by atoms with van der Waals surface area (Å²) < 4.78 is 1.62. The van der Waals surface area contributed by atoms with Crippen LogP contribution >= 0.6 is 11.8 Å². The molecule has 4 rings (SSSR count). The molecule has 4 heterocycles. The molecule has 2 aliphatic rings. The Balaban J connectivity index is 1.42. The maximum Gasteiger partial charge on any atom is 0.266 e. The van der Waals surface area contributed by atoms with Crippen molar-refractivity contribution in [1.29, 1.82) is 0 Å². The molecule has 2 aromatic heterocycles. The number of thioether (sulfide) groups is 1. The molecular formula is C19H25N5OS. The molecule has 0 aromatic carbocycles. The highest BCUT2D eigenvalue weighted by Crippen LogP contribution is 2.28. The number of aryl methyl sites for hydroxylation is 1. The Kier molecular flexibility index (Phi) is 4.50. The number of anilines is 1. The smallest absolute Gasteiger partial charge is 0.266 e. The lowest BCUT2D eigenvalue weighted by molar-refractivity contribution is 0.327. The van der Waals surface area contributed by atoms with Crippen LogP contribution in [0.2, 0.25) is 0 Å². The minimum atomic E-state index is -0.0577. The van der Waals surface area contributed by atoms with E-state index >= 15 is 0 Å². The normalized spacial score (nSPS) is 17.7. The predicted octanol–water partition coefficient (Wildman–Crippen LogP) is 2.26. The molecule has 0 amide bonds. The first-order valence-corrected chi connectivity index (χ1v) is 10.3. The molecule has 138 valence electrons. The zero-order valence-electron chi connectivity index (χ0n) is 15.6. The van der Waals surface area contributed by atoms with E-state index in [4.69, 9.17) is 0 Å². The van der Waals surface area contributed by atoms with Gasteiger partial charge in [0.2, 0.25) is 0 Å². The lowest BCUT2D eigenvalue weighted by Crippen LogP contribution is -2.50. The van der Waals surface area contributed by atoms with E-state index < -0.39 is 0 Å². The van der Waals surface area contributed by atoms with E-state index in [9.17, 15) is 4.79 Å². The molecule has 0 bridgehead atoms. The van der Waals surface area contributed by atoms with Crippen molar-refractivity contribution in [2.24, 2.45) is 5.92 Å². The van der Waals surface area contributed by atoms with Crippen LogP contribution in [0.25, 0.3) is 0 Å². The van der Waals surface area contributed by atoms with Gasteiger partial charge >= 0.3 is 0 Å². The average Bonchev–Trinajstić information content (AvgIpc) is 2.57. The molecule has 0 atom stereocenters. The number of nitrogens with zero attached hydrogens (tertiary/aromatic N) is 5. The summed E-state index contributed by atoms with van der Waals surface area (Å²) in [5, 5.41) is 13.4. The lowest BCUT2D eigenvalue weighted by atomic mass is 9.92. The van der Waals surface area contributed by atoms with Crippen molar-refractivity contribution in [3.8, 4) is 0 Å². The van der Waals surface area contributed by atoms with Crippen molar-refractivity contribution in [3.63, 3.8) is 0 Å². The highest BCUT2D eigenvalue weighted by atomic mass is 32.2. The van der Waals surface area contributed by atoms with Gasteiger partial charge in [0.05, 0.1) is 17.9 Å². The van der Waals surface area contributed by atoms with Crippen LogP contribution in [-0.2, 0) is 24.1 Å². The summed E-state index contributed by atoms with van der Waals surface area (Å²) in [6.45, 7) is 8.79. The van der Waals surface area contributed by atoms with Gasteiger partial charge in [-0.3, -0.25) is 4.79 Å². The van der Waals surface area contributed by atoms with Gasteiger partial charge in [-0.15, -0.1) is 5.10 Å². The Morgan fingerprint density at radius 3 is 2.81 bits per heavy atom. The van der Waals surface area contributed by atoms with Crippen molar-refractivity contribution >= 4 is 17.6 Å². The van der Waals surface area contributed by atoms with Crippen LogP contribution in [0.15, 0.2) is 23.0 Å². The molecule has 2 aliphatic heterocycles. The van der Waals surface area contributed by atoms with Crippen LogP contribution in [0.1, 0.15) is 37.7 Å². The minimum Gasteiger partial charge on any atom is -0.354 e. The lowest BCUT2D eigenvalue weighted by Gasteiger charge is -2.40. The summed E-state index contributed by atoms with van der Waals surface area (Å²) in [5.74, 6) is 3.56. The predicted molar refractivity (Wildman–Crippen MR) is 105 cm³/mol. The highest BCUT2D eigenvalue weighted by molar-refractivity contribution is 7.98. The molecule has 0 spiro atoms. The van der Waals surface area contributed by atoms with Crippen LogP contribution in [0.5, 0.6) is 0 Å². The van der Waals surface area contributed by atoms with E-state index in [0.29, 0.717) is 12.5 Å². The van der Waals surface area contributed by atoms with E-state index in [1.165, 1.54) is 5.56 Å². The molecule has 0 radical (unpaired) electrons. The van der Waals surface area contributed by atoms with Gasteiger partial charge in [0.1, 0.15) is 0 Å². The first-order valence-electron chi connectivity index (χ1n) is 9.17. The van der Waals surface area contributed by atoms with Gasteiger partial charge in [-0.2, -0.15) is 22.0 Å². The maximum atomic E-state index is 12.1. The van der Waals surface area contributed by atoms with Crippen molar-refractivity contribution in [2.45, 2.75) is 44.9 Å². The highest BCUT2D eigenvalue weighted by Gasteiger charge is 2.30. The summed E-state index contributed by atoms with van der Waals surface area (Å²) in [6, 6.07) is 5.67. The van der Waals surface area contributed by atoms with Gasteiger partial charge < -0.3 is 4.90 Å². The van der Waals surface area contributed by atoms with Crippen molar-refractivity contribution in [3.05, 3.63) is 45.5 Å². The monoisotopic (exact) mass is 371 g/mol. The number of hydrogen-bond acceptors (Lipinski definition) is 6. The fraction of sp³-hybridized carbons (Fsp3) is 0.579. The summed E-state index contributed by atoms with van der Waals surface area (Å²) >= 11 is 1.96. The van der Waals surface area contributed by atoms with Crippen LogP contribution in [0, 0.1) is 5.92 Å². The molecule has 0 aliphatic carbocycles. The first-order chi connectivity index (χ1) is 12.4. The maximum absolute atomic E-state index is 12.1. The van der Waals surface area contributed by atoms with Crippen molar-refractivity contribution < 1.29 is 0 Å². The Bertz CT molecular complexity index is 867. The van der Waals surface area contributed by atoms with Crippen LogP contribution < -0.4 is 10.5 Å². The van der Waals surface area contributed by atoms with E-state index in [2.05, 4.69) is 47.0 Å². The average molecular weight is 372 g/mol. The first kappa shape index (κ1) is 17.5.